The minimum Gasteiger partial charge on any atom is -0.330 e. The molecule has 0 radical (unpaired) electrons. The third kappa shape index (κ3) is 1.57. The summed E-state index contributed by atoms with van der Waals surface area (Å²) in [7, 11) is 1.72. The Kier molecular flexibility index (Phi) is 2.24. The molecule has 4 heteroatoms. The van der Waals surface area contributed by atoms with Crippen LogP contribution in [0.4, 0.5) is 0 Å². The Bertz CT molecular complexity index is 181. The second-order valence-electron chi connectivity index (χ2n) is 2.79. The molecule has 1 heterocycles. The average molecular weight is 156 g/mol. The molecule has 0 aromatic rings. The average Bonchev–Trinajstić information content (AvgIpc) is 1.99. The molecular formula is C7H12N2O2. The zero-order valence-electron chi connectivity index (χ0n) is 6.70. The molecule has 0 aromatic carbocycles. The van der Waals surface area contributed by atoms with Crippen LogP contribution in [0.25, 0.3) is 0 Å². The monoisotopic (exact) mass is 156 g/mol. The summed E-state index contributed by atoms with van der Waals surface area (Å²) in [6, 6.07) is -0.298. The molecule has 4 nitrogen and oxygen atoms in total. The molecule has 1 saturated heterocycles. The second kappa shape index (κ2) is 3.00. The minimum atomic E-state index is -0.298. The van der Waals surface area contributed by atoms with Crippen molar-refractivity contribution >= 4 is 12.2 Å². The molecule has 0 aromatic heterocycles. The van der Waals surface area contributed by atoms with Crippen LogP contribution in [0.5, 0.6) is 0 Å². The van der Waals surface area contributed by atoms with Crippen LogP contribution >= 0.6 is 0 Å². The largest absolute Gasteiger partial charge is 0.330 e. The molecule has 0 saturated carbocycles. The number of nitrogens with one attached hydrogen (secondary N) is 1. The van der Waals surface area contributed by atoms with Gasteiger partial charge in [0.25, 0.3) is 0 Å². The van der Waals surface area contributed by atoms with E-state index in [9.17, 15) is 9.59 Å². The number of nitrogens with zero attached hydrogens (tertiary/aromatic N) is 1. The number of carbonyl (C=O) groups excluding carboxylic acids is 2. The Morgan fingerprint density at radius 3 is 2.82 bits per heavy atom. The van der Waals surface area contributed by atoms with Gasteiger partial charge in [0.2, 0.25) is 5.91 Å². The van der Waals surface area contributed by atoms with Crippen LogP contribution < -0.4 is 5.32 Å². The molecule has 1 rings (SSSR count). The zero-order valence-corrected chi connectivity index (χ0v) is 6.70. The molecule has 62 valence electrons. The van der Waals surface area contributed by atoms with E-state index in [1.165, 1.54) is 0 Å². The Morgan fingerprint density at radius 2 is 2.36 bits per heavy atom. The van der Waals surface area contributed by atoms with Crippen LogP contribution in [0.15, 0.2) is 0 Å². The molecule has 1 amide bonds. The highest BCUT2D eigenvalue weighted by molar-refractivity contribution is 5.81. The minimum absolute atomic E-state index is 0.0216. The lowest BCUT2D eigenvalue weighted by atomic mass is 10.1. The standard InChI is InChI=1S/C7H12N2O2/c1-5-8-6(4-10)3-7(11)9(5)2/h4-6,8H,3H2,1-2H3. The summed E-state index contributed by atoms with van der Waals surface area (Å²) in [6.45, 7) is 1.85. The van der Waals surface area contributed by atoms with Crippen molar-refractivity contribution in [1.82, 2.24) is 10.2 Å². The molecule has 1 N–H and O–H groups in total. The van der Waals surface area contributed by atoms with E-state index < -0.39 is 0 Å². The first-order chi connectivity index (χ1) is 5.15. The molecule has 0 aliphatic carbocycles. The SMILES string of the molecule is CC1NC(C=O)CC(=O)N1C. The third-order valence-corrected chi connectivity index (χ3v) is 1.99. The van der Waals surface area contributed by atoms with Crippen molar-refractivity contribution in [2.45, 2.75) is 25.6 Å². The third-order valence-electron chi connectivity index (χ3n) is 1.99. The van der Waals surface area contributed by atoms with Crippen molar-refractivity contribution in [3.05, 3.63) is 0 Å². The van der Waals surface area contributed by atoms with E-state index in [2.05, 4.69) is 5.32 Å². The van der Waals surface area contributed by atoms with Gasteiger partial charge >= 0.3 is 0 Å². The van der Waals surface area contributed by atoms with Gasteiger partial charge in [-0.1, -0.05) is 0 Å². The zero-order chi connectivity index (χ0) is 8.43. The summed E-state index contributed by atoms with van der Waals surface area (Å²) in [5.41, 5.74) is 0. The predicted octanol–water partition coefficient (Wildman–Crippen LogP) is -0.648. The van der Waals surface area contributed by atoms with Gasteiger partial charge in [0.1, 0.15) is 6.29 Å². The lowest BCUT2D eigenvalue weighted by molar-refractivity contribution is -0.137. The van der Waals surface area contributed by atoms with Crippen LogP contribution in [-0.4, -0.2) is 36.3 Å². The highest BCUT2D eigenvalue weighted by atomic mass is 16.2. The summed E-state index contributed by atoms with van der Waals surface area (Å²) in [4.78, 5) is 23.0. The van der Waals surface area contributed by atoms with Crippen molar-refractivity contribution < 1.29 is 9.59 Å². The van der Waals surface area contributed by atoms with E-state index in [0.717, 1.165) is 6.29 Å². The number of hydrogen-bond donors (Lipinski definition) is 1. The first-order valence-corrected chi connectivity index (χ1v) is 3.62. The first-order valence-electron chi connectivity index (χ1n) is 3.62. The molecule has 2 unspecified atom stereocenters. The van der Waals surface area contributed by atoms with Crippen molar-refractivity contribution in [3.8, 4) is 0 Å². The van der Waals surface area contributed by atoms with Gasteiger partial charge in [0, 0.05) is 13.5 Å². The van der Waals surface area contributed by atoms with E-state index in [-0.39, 0.29) is 24.5 Å². The maximum Gasteiger partial charge on any atom is 0.225 e. The number of rotatable bonds is 1. The lowest BCUT2D eigenvalue weighted by Crippen LogP contribution is -2.55. The van der Waals surface area contributed by atoms with Crippen LogP contribution in [0.3, 0.4) is 0 Å². The number of amides is 1. The van der Waals surface area contributed by atoms with E-state index in [1.54, 1.807) is 11.9 Å². The van der Waals surface area contributed by atoms with Crippen LogP contribution in [0.1, 0.15) is 13.3 Å². The normalized spacial score (nSPS) is 32.2. The topological polar surface area (TPSA) is 49.4 Å². The van der Waals surface area contributed by atoms with E-state index in [4.69, 9.17) is 0 Å². The van der Waals surface area contributed by atoms with Crippen LogP contribution in [0.2, 0.25) is 0 Å². The van der Waals surface area contributed by atoms with E-state index in [1.807, 2.05) is 6.92 Å². The Labute approximate surface area is 65.6 Å². The van der Waals surface area contributed by atoms with Crippen LogP contribution in [-0.2, 0) is 9.59 Å². The van der Waals surface area contributed by atoms with Gasteiger partial charge in [0.05, 0.1) is 12.2 Å². The maximum atomic E-state index is 11.1. The second-order valence-corrected chi connectivity index (χ2v) is 2.79. The van der Waals surface area contributed by atoms with Gasteiger partial charge in [0.15, 0.2) is 0 Å². The fourth-order valence-corrected chi connectivity index (χ4v) is 1.12. The van der Waals surface area contributed by atoms with Gasteiger partial charge in [-0.3, -0.25) is 10.1 Å². The molecule has 2 atom stereocenters. The van der Waals surface area contributed by atoms with E-state index in [0.29, 0.717) is 0 Å². The van der Waals surface area contributed by atoms with Gasteiger partial charge in [-0.2, -0.15) is 0 Å². The smallest absolute Gasteiger partial charge is 0.225 e. The summed E-state index contributed by atoms with van der Waals surface area (Å²) >= 11 is 0. The molecule has 11 heavy (non-hydrogen) atoms. The van der Waals surface area contributed by atoms with Gasteiger partial charge < -0.3 is 9.69 Å². The van der Waals surface area contributed by atoms with E-state index >= 15 is 0 Å². The molecular weight excluding hydrogens is 144 g/mol. The van der Waals surface area contributed by atoms with Crippen molar-refractivity contribution in [1.29, 1.82) is 0 Å². The Hall–Kier alpha value is -0.900. The molecule has 0 bridgehead atoms. The van der Waals surface area contributed by atoms with Gasteiger partial charge in [-0.15, -0.1) is 0 Å². The predicted molar refractivity (Wildman–Crippen MR) is 39.8 cm³/mol. The van der Waals surface area contributed by atoms with Crippen molar-refractivity contribution in [2.75, 3.05) is 7.05 Å². The molecule has 1 aliphatic rings. The fourth-order valence-electron chi connectivity index (χ4n) is 1.12. The highest BCUT2D eigenvalue weighted by Crippen LogP contribution is 2.06. The summed E-state index contributed by atoms with van der Waals surface area (Å²) in [5, 5.41) is 2.98. The molecule has 0 spiro atoms. The van der Waals surface area contributed by atoms with Crippen molar-refractivity contribution in [3.63, 3.8) is 0 Å². The number of aldehydes is 1. The molecule has 1 aliphatic heterocycles. The quantitative estimate of drug-likeness (QED) is 0.513. The van der Waals surface area contributed by atoms with Gasteiger partial charge in [-0.05, 0) is 6.92 Å². The van der Waals surface area contributed by atoms with Gasteiger partial charge in [-0.25, -0.2) is 0 Å². The summed E-state index contributed by atoms with van der Waals surface area (Å²) < 4.78 is 0. The van der Waals surface area contributed by atoms with Crippen molar-refractivity contribution in [2.24, 2.45) is 0 Å². The summed E-state index contributed by atoms with van der Waals surface area (Å²) in [5.74, 6) is 0.0216. The highest BCUT2D eigenvalue weighted by Gasteiger charge is 2.26. The Morgan fingerprint density at radius 1 is 1.73 bits per heavy atom. The number of hydrogen-bond acceptors (Lipinski definition) is 3. The number of carbonyl (C=O) groups is 2. The maximum absolute atomic E-state index is 11.1. The molecule has 1 fully saturated rings. The summed E-state index contributed by atoms with van der Waals surface area (Å²) in [6.07, 6.45) is 1.03. The Balaban J connectivity index is 2.61. The first kappa shape index (κ1) is 8.20. The fraction of sp³-hybridized carbons (Fsp3) is 0.714. The lowest BCUT2D eigenvalue weighted by Gasteiger charge is -2.33. The van der Waals surface area contributed by atoms with Crippen LogP contribution in [0, 0.1) is 0 Å².